The number of rotatable bonds is 10. The van der Waals surface area contributed by atoms with E-state index in [2.05, 4.69) is 25.7 Å². The minimum absolute atomic E-state index is 0.150. The lowest BCUT2D eigenvalue weighted by molar-refractivity contribution is -0.140. The molecule has 0 spiro atoms. The van der Waals surface area contributed by atoms with Crippen molar-refractivity contribution >= 4 is 18.0 Å². The van der Waals surface area contributed by atoms with Crippen molar-refractivity contribution in [3.63, 3.8) is 0 Å². The van der Waals surface area contributed by atoms with Gasteiger partial charge in [-0.1, -0.05) is 12.8 Å². The fourth-order valence-corrected chi connectivity index (χ4v) is 1.94. The van der Waals surface area contributed by atoms with Crippen LogP contribution >= 0.6 is 0 Å². The second-order valence-corrected chi connectivity index (χ2v) is 6.59. The highest BCUT2D eigenvalue weighted by Crippen LogP contribution is 2.06. The molecule has 0 saturated heterocycles. The number of hydrogen-bond acceptors (Lipinski definition) is 5. The standard InChI is InChI=1S/C17H34N4O4/c1-17(2,3)25-16(23)21-13-12-20-15(18-4)19-11-9-7-6-8-10-14(22)24-5/h6-13H2,1-5H3,(H,21,23)(H2,18,19,20). The zero-order valence-electron chi connectivity index (χ0n) is 16.2. The lowest BCUT2D eigenvalue weighted by Gasteiger charge is -2.19. The summed E-state index contributed by atoms with van der Waals surface area (Å²) >= 11 is 0. The van der Waals surface area contributed by atoms with Crippen molar-refractivity contribution in [3.05, 3.63) is 0 Å². The molecule has 8 heteroatoms. The molecule has 0 rings (SSSR count). The third kappa shape index (κ3) is 15.3. The molecule has 3 N–H and O–H groups in total. The second-order valence-electron chi connectivity index (χ2n) is 6.59. The predicted octanol–water partition coefficient (Wildman–Crippen LogP) is 1.80. The molecule has 0 aliphatic heterocycles. The molecule has 0 radical (unpaired) electrons. The van der Waals surface area contributed by atoms with E-state index < -0.39 is 11.7 Å². The summed E-state index contributed by atoms with van der Waals surface area (Å²) in [5, 5.41) is 9.01. The van der Waals surface area contributed by atoms with Gasteiger partial charge in [0.15, 0.2) is 5.96 Å². The van der Waals surface area contributed by atoms with E-state index in [1.54, 1.807) is 7.05 Å². The molecule has 0 aromatic rings. The van der Waals surface area contributed by atoms with E-state index in [0.717, 1.165) is 32.2 Å². The molecule has 0 atom stereocenters. The molecular weight excluding hydrogens is 324 g/mol. The van der Waals surface area contributed by atoms with Crippen LogP contribution < -0.4 is 16.0 Å². The Morgan fingerprint density at radius 3 is 2.12 bits per heavy atom. The van der Waals surface area contributed by atoms with Crippen molar-refractivity contribution in [1.82, 2.24) is 16.0 Å². The number of unbranched alkanes of at least 4 members (excludes halogenated alkanes) is 3. The van der Waals surface area contributed by atoms with Gasteiger partial charge in [0.25, 0.3) is 0 Å². The molecule has 8 nitrogen and oxygen atoms in total. The molecule has 0 aliphatic carbocycles. The molecule has 1 amide bonds. The van der Waals surface area contributed by atoms with Gasteiger partial charge in [0, 0.05) is 33.1 Å². The van der Waals surface area contributed by atoms with Gasteiger partial charge in [-0.3, -0.25) is 9.79 Å². The highest BCUT2D eigenvalue weighted by molar-refractivity contribution is 5.79. The van der Waals surface area contributed by atoms with Gasteiger partial charge in [-0.2, -0.15) is 0 Å². The van der Waals surface area contributed by atoms with Crippen LogP contribution in [0.1, 0.15) is 52.9 Å². The Morgan fingerprint density at radius 1 is 0.920 bits per heavy atom. The maximum absolute atomic E-state index is 11.5. The topological polar surface area (TPSA) is 101 Å². The van der Waals surface area contributed by atoms with E-state index in [1.807, 2.05) is 20.8 Å². The number of aliphatic imine (C=N–C) groups is 1. The highest BCUT2D eigenvalue weighted by Gasteiger charge is 2.15. The maximum Gasteiger partial charge on any atom is 0.407 e. The fourth-order valence-electron chi connectivity index (χ4n) is 1.94. The molecule has 0 saturated carbocycles. The fraction of sp³-hybridized carbons (Fsp3) is 0.824. The average molecular weight is 358 g/mol. The van der Waals surface area contributed by atoms with Crippen molar-refractivity contribution in [2.24, 2.45) is 4.99 Å². The van der Waals surface area contributed by atoms with Gasteiger partial charge < -0.3 is 25.4 Å². The number of ether oxygens (including phenoxy) is 2. The highest BCUT2D eigenvalue weighted by atomic mass is 16.6. The van der Waals surface area contributed by atoms with E-state index in [4.69, 9.17) is 4.74 Å². The van der Waals surface area contributed by atoms with E-state index in [-0.39, 0.29) is 5.97 Å². The summed E-state index contributed by atoms with van der Waals surface area (Å²) in [6, 6.07) is 0. The van der Waals surface area contributed by atoms with Crippen LogP contribution in [0.5, 0.6) is 0 Å². The summed E-state index contributed by atoms with van der Waals surface area (Å²) in [6.07, 6.45) is 3.96. The molecule has 0 unspecified atom stereocenters. The number of carbonyl (C=O) groups excluding carboxylic acids is 2. The third-order valence-corrected chi connectivity index (χ3v) is 3.14. The number of hydrogen-bond donors (Lipinski definition) is 3. The van der Waals surface area contributed by atoms with Crippen molar-refractivity contribution in [2.45, 2.75) is 58.5 Å². The van der Waals surface area contributed by atoms with Crippen LogP contribution in [0.25, 0.3) is 0 Å². The summed E-state index contributed by atoms with van der Waals surface area (Å²) < 4.78 is 9.75. The summed E-state index contributed by atoms with van der Waals surface area (Å²) in [5.74, 6) is 0.545. The van der Waals surface area contributed by atoms with Crippen LogP contribution in [-0.2, 0) is 14.3 Å². The Kier molecular flexibility index (Phi) is 12.3. The maximum atomic E-state index is 11.5. The Labute approximate surface area is 151 Å². The number of guanidine groups is 1. The van der Waals surface area contributed by atoms with Gasteiger partial charge in [-0.05, 0) is 33.6 Å². The predicted molar refractivity (Wildman–Crippen MR) is 98.7 cm³/mol. The third-order valence-electron chi connectivity index (χ3n) is 3.14. The first-order chi connectivity index (χ1) is 11.8. The number of nitrogens with one attached hydrogen (secondary N) is 3. The number of alkyl carbamates (subject to hydrolysis) is 1. The lowest BCUT2D eigenvalue weighted by Crippen LogP contribution is -2.42. The first kappa shape index (κ1) is 23.0. The Hall–Kier alpha value is -1.99. The van der Waals surface area contributed by atoms with Gasteiger partial charge in [-0.25, -0.2) is 4.79 Å². The molecule has 0 heterocycles. The molecule has 0 aromatic heterocycles. The quantitative estimate of drug-likeness (QED) is 0.238. The normalized spacial score (nSPS) is 11.6. The van der Waals surface area contributed by atoms with E-state index in [9.17, 15) is 9.59 Å². The van der Waals surface area contributed by atoms with Gasteiger partial charge in [0.05, 0.1) is 7.11 Å². The van der Waals surface area contributed by atoms with Gasteiger partial charge in [-0.15, -0.1) is 0 Å². The summed E-state index contributed by atoms with van der Waals surface area (Å²) in [6.45, 7) is 7.28. The number of carbonyl (C=O) groups is 2. The van der Waals surface area contributed by atoms with E-state index in [0.29, 0.717) is 25.5 Å². The van der Waals surface area contributed by atoms with Crippen molar-refractivity contribution in [2.75, 3.05) is 33.8 Å². The SMILES string of the molecule is CN=C(NCCCCCCC(=O)OC)NCCNC(=O)OC(C)(C)C. The number of nitrogens with zero attached hydrogens (tertiary/aromatic N) is 1. The molecule has 0 bridgehead atoms. The second kappa shape index (κ2) is 13.3. The minimum atomic E-state index is -0.494. The number of amides is 1. The van der Waals surface area contributed by atoms with Crippen LogP contribution in [0.2, 0.25) is 0 Å². The Balaban J connectivity index is 3.64. The first-order valence-corrected chi connectivity index (χ1v) is 8.76. The summed E-state index contributed by atoms with van der Waals surface area (Å²) in [7, 11) is 3.11. The Morgan fingerprint density at radius 2 is 1.52 bits per heavy atom. The molecular formula is C17H34N4O4. The number of esters is 1. The first-order valence-electron chi connectivity index (χ1n) is 8.76. The van der Waals surface area contributed by atoms with Crippen LogP contribution in [0.3, 0.4) is 0 Å². The van der Waals surface area contributed by atoms with Crippen LogP contribution in [0, 0.1) is 0 Å². The minimum Gasteiger partial charge on any atom is -0.469 e. The molecule has 0 aliphatic rings. The van der Waals surface area contributed by atoms with Crippen molar-refractivity contribution < 1.29 is 19.1 Å². The average Bonchev–Trinajstić information content (AvgIpc) is 2.53. The molecule has 25 heavy (non-hydrogen) atoms. The monoisotopic (exact) mass is 358 g/mol. The van der Waals surface area contributed by atoms with Crippen LogP contribution in [0.15, 0.2) is 4.99 Å². The smallest absolute Gasteiger partial charge is 0.407 e. The van der Waals surface area contributed by atoms with Crippen molar-refractivity contribution in [3.8, 4) is 0 Å². The Bertz CT molecular complexity index is 419. The summed E-state index contributed by atoms with van der Waals surface area (Å²) in [5.41, 5.74) is -0.494. The van der Waals surface area contributed by atoms with Crippen molar-refractivity contribution in [1.29, 1.82) is 0 Å². The van der Waals surface area contributed by atoms with Crippen LogP contribution in [0.4, 0.5) is 4.79 Å². The lowest BCUT2D eigenvalue weighted by atomic mass is 10.1. The van der Waals surface area contributed by atoms with Gasteiger partial charge >= 0.3 is 12.1 Å². The van der Waals surface area contributed by atoms with Gasteiger partial charge in [0.1, 0.15) is 5.60 Å². The van der Waals surface area contributed by atoms with E-state index >= 15 is 0 Å². The molecule has 0 aromatic carbocycles. The molecule has 146 valence electrons. The largest absolute Gasteiger partial charge is 0.469 e. The number of methoxy groups -OCH3 is 1. The van der Waals surface area contributed by atoms with Crippen LogP contribution in [-0.4, -0.2) is 57.4 Å². The summed E-state index contributed by atoms with van der Waals surface area (Å²) in [4.78, 5) is 26.6. The zero-order valence-corrected chi connectivity index (χ0v) is 16.2. The van der Waals surface area contributed by atoms with Gasteiger partial charge in [0.2, 0.25) is 0 Å². The molecule has 0 fully saturated rings. The zero-order chi connectivity index (χ0) is 19.1. The van der Waals surface area contributed by atoms with E-state index in [1.165, 1.54) is 7.11 Å².